The van der Waals surface area contributed by atoms with Crippen LogP contribution in [0, 0.1) is 0 Å². The third-order valence-corrected chi connectivity index (χ3v) is 2.32. The second kappa shape index (κ2) is 4.34. The van der Waals surface area contributed by atoms with E-state index in [0.29, 0.717) is 16.8 Å². The van der Waals surface area contributed by atoms with Crippen LogP contribution >= 0.6 is 0 Å². The number of rotatable bonds is 2. The normalized spacial score (nSPS) is 10.1. The molecule has 5 heteroatoms. The molecule has 0 fully saturated rings. The number of hydrogen-bond acceptors (Lipinski definition) is 4. The van der Waals surface area contributed by atoms with Crippen molar-refractivity contribution in [1.82, 2.24) is 4.98 Å². The second-order valence-electron chi connectivity index (χ2n) is 3.44. The van der Waals surface area contributed by atoms with E-state index in [2.05, 4.69) is 4.98 Å². The van der Waals surface area contributed by atoms with E-state index in [1.807, 2.05) is 30.3 Å². The smallest absolute Gasteiger partial charge is 0.423 e. The molecule has 4 nitrogen and oxygen atoms in total. The van der Waals surface area contributed by atoms with Gasteiger partial charge in [-0.25, -0.2) is 4.98 Å². The summed E-state index contributed by atoms with van der Waals surface area (Å²) in [7, 11) is -1.53. The molecule has 4 N–H and O–H groups in total. The number of nitrogens with zero attached hydrogens (tertiary/aromatic N) is 1. The van der Waals surface area contributed by atoms with E-state index in [1.54, 1.807) is 6.07 Å². The summed E-state index contributed by atoms with van der Waals surface area (Å²) in [5.74, 6) is 0.371. The second-order valence-corrected chi connectivity index (χ2v) is 3.44. The predicted octanol–water partition coefficient (Wildman–Crippen LogP) is 0.0106. The van der Waals surface area contributed by atoms with Crippen molar-refractivity contribution >= 4 is 18.4 Å². The Bertz CT molecular complexity index is 489. The van der Waals surface area contributed by atoms with Gasteiger partial charge in [0.05, 0.1) is 0 Å². The SMILES string of the molecule is Nc1ncc(B(O)O)cc1-c1ccccc1. The Hall–Kier alpha value is -1.85. The highest BCUT2D eigenvalue weighted by atomic mass is 16.4. The molecule has 0 aliphatic carbocycles. The van der Waals surface area contributed by atoms with Crippen LogP contribution in [-0.2, 0) is 0 Å². The van der Waals surface area contributed by atoms with Gasteiger partial charge < -0.3 is 15.8 Å². The lowest BCUT2D eigenvalue weighted by Crippen LogP contribution is -2.30. The predicted molar refractivity (Wildman–Crippen MR) is 63.9 cm³/mol. The Morgan fingerprint density at radius 1 is 1.12 bits per heavy atom. The van der Waals surface area contributed by atoms with Gasteiger partial charge in [-0.15, -0.1) is 0 Å². The summed E-state index contributed by atoms with van der Waals surface area (Å²) in [6, 6.07) is 11.1. The number of anilines is 1. The van der Waals surface area contributed by atoms with Gasteiger partial charge in [-0.2, -0.15) is 0 Å². The fourth-order valence-electron chi connectivity index (χ4n) is 1.48. The van der Waals surface area contributed by atoms with Gasteiger partial charge in [0, 0.05) is 17.2 Å². The van der Waals surface area contributed by atoms with Gasteiger partial charge in [0.1, 0.15) is 5.82 Å². The molecule has 0 radical (unpaired) electrons. The Morgan fingerprint density at radius 2 is 1.81 bits per heavy atom. The molecule has 0 saturated heterocycles. The Kier molecular flexibility index (Phi) is 2.89. The molecule has 1 heterocycles. The molecule has 1 aromatic carbocycles. The van der Waals surface area contributed by atoms with E-state index in [0.717, 1.165) is 5.56 Å². The lowest BCUT2D eigenvalue weighted by atomic mass is 9.80. The summed E-state index contributed by atoms with van der Waals surface area (Å²) in [6.07, 6.45) is 1.35. The summed E-state index contributed by atoms with van der Waals surface area (Å²) in [6.45, 7) is 0. The zero-order valence-corrected chi connectivity index (χ0v) is 8.54. The lowest BCUT2D eigenvalue weighted by molar-refractivity contribution is 0.425. The van der Waals surface area contributed by atoms with Gasteiger partial charge >= 0.3 is 7.12 Å². The lowest BCUT2D eigenvalue weighted by Gasteiger charge is -2.07. The highest BCUT2D eigenvalue weighted by Gasteiger charge is 2.14. The van der Waals surface area contributed by atoms with Crippen molar-refractivity contribution in [1.29, 1.82) is 0 Å². The Balaban J connectivity index is 2.52. The molecule has 0 saturated carbocycles. The third kappa shape index (κ3) is 2.05. The minimum absolute atomic E-state index is 0.327. The van der Waals surface area contributed by atoms with Crippen molar-refractivity contribution in [3.63, 3.8) is 0 Å². The largest absolute Gasteiger partial charge is 0.490 e. The molecule has 0 amide bonds. The van der Waals surface area contributed by atoms with Crippen LogP contribution < -0.4 is 11.2 Å². The zero-order valence-electron chi connectivity index (χ0n) is 8.54. The molecule has 0 unspecified atom stereocenters. The third-order valence-electron chi connectivity index (χ3n) is 2.32. The van der Waals surface area contributed by atoms with E-state index in [4.69, 9.17) is 15.8 Å². The van der Waals surface area contributed by atoms with E-state index >= 15 is 0 Å². The van der Waals surface area contributed by atoms with Crippen LogP contribution in [0.2, 0.25) is 0 Å². The van der Waals surface area contributed by atoms with Crippen molar-refractivity contribution in [3.05, 3.63) is 42.6 Å². The first kappa shape index (κ1) is 10.7. The van der Waals surface area contributed by atoms with Crippen molar-refractivity contribution in [2.75, 3.05) is 5.73 Å². The van der Waals surface area contributed by atoms with Crippen LogP contribution in [0.25, 0.3) is 11.1 Å². The molecule has 0 aliphatic heterocycles. The summed E-state index contributed by atoms with van der Waals surface area (Å²) in [4.78, 5) is 3.93. The van der Waals surface area contributed by atoms with E-state index < -0.39 is 7.12 Å². The number of pyridine rings is 1. The van der Waals surface area contributed by atoms with Crippen LogP contribution in [0.3, 0.4) is 0 Å². The highest BCUT2D eigenvalue weighted by Crippen LogP contribution is 2.22. The first-order valence-electron chi connectivity index (χ1n) is 4.85. The summed E-state index contributed by atoms with van der Waals surface area (Å²) >= 11 is 0. The molecule has 2 rings (SSSR count). The molecule has 0 bridgehead atoms. The first-order valence-corrected chi connectivity index (χ1v) is 4.85. The standard InChI is InChI=1S/C11H11BN2O2/c13-11-10(8-4-2-1-3-5-8)6-9(7-14-11)12(15)16/h1-7,15-16H,(H2,13,14). The molecule has 16 heavy (non-hydrogen) atoms. The molecule has 0 atom stereocenters. The monoisotopic (exact) mass is 214 g/mol. The molecule has 80 valence electrons. The molecular weight excluding hydrogens is 203 g/mol. The van der Waals surface area contributed by atoms with Gasteiger partial charge in [0.2, 0.25) is 0 Å². The van der Waals surface area contributed by atoms with Gasteiger partial charge in [0.15, 0.2) is 0 Å². The average molecular weight is 214 g/mol. The van der Waals surface area contributed by atoms with Crippen molar-refractivity contribution in [3.8, 4) is 11.1 Å². The van der Waals surface area contributed by atoms with Crippen molar-refractivity contribution < 1.29 is 10.0 Å². The van der Waals surface area contributed by atoms with E-state index in [1.165, 1.54) is 6.20 Å². The molecule has 0 aliphatic rings. The van der Waals surface area contributed by atoms with Gasteiger partial charge in [-0.3, -0.25) is 0 Å². The van der Waals surface area contributed by atoms with Crippen molar-refractivity contribution in [2.24, 2.45) is 0 Å². The van der Waals surface area contributed by atoms with Gasteiger partial charge in [-0.1, -0.05) is 30.3 Å². The number of hydrogen-bond donors (Lipinski definition) is 3. The van der Waals surface area contributed by atoms with Crippen LogP contribution in [0.1, 0.15) is 0 Å². The van der Waals surface area contributed by atoms with Gasteiger partial charge in [0.25, 0.3) is 0 Å². The number of nitrogen functional groups attached to an aromatic ring is 1. The van der Waals surface area contributed by atoms with Gasteiger partial charge in [-0.05, 0) is 11.6 Å². The minimum Gasteiger partial charge on any atom is -0.423 e. The summed E-state index contributed by atoms with van der Waals surface area (Å²) in [5.41, 5.74) is 7.67. The fraction of sp³-hybridized carbons (Fsp3) is 0. The van der Waals surface area contributed by atoms with Crippen LogP contribution in [0.15, 0.2) is 42.6 Å². The Labute approximate surface area is 93.5 Å². The van der Waals surface area contributed by atoms with E-state index in [-0.39, 0.29) is 0 Å². The average Bonchev–Trinajstić information content (AvgIpc) is 2.30. The Morgan fingerprint density at radius 3 is 2.44 bits per heavy atom. The number of benzene rings is 1. The summed E-state index contributed by atoms with van der Waals surface area (Å²) in [5, 5.41) is 18.1. The molecule has 2 aromatic rings. The van der Waals surface area contributed by atoms with E-state index in [9.17, 15) is 0 Å². The fourth-order valence-corrected chi connectivity index (χ4v) is 1.48. The maximum absolute atomic E-state index is 9.06. The van der Waals surface area contributed by atoms with Crippen LogP contribution in [0.5, 0.6) is 0 Å². The maximum Gasteiger partial charge on any atom is 0.490 e. The van der Waals surface area contributed by atoms with Crippen LogP contribution in [-0.4, -0.2) is 22.2 Å². The van der Waals surface area contributed by atoms with Crippen LogP contribution in [0.4, 0.5) is 5.82 Å². The van der Waals surface area contributed by atoms with Crippen molar-refractivity contribution in [2.45, 2.75) is 0 Å². The minimum atomic E-state index is -1.53. The maximum atomic E-state index is 9.06. The number of aromatic nitrogens is 1. The molecule has 0 spiro atoms. The highest BCUT2D eigenvalue weighted by molar-refractivity contribution is 6.58. The quantitative estimate of drug-likeness (QED) is 0.615. The number of nitrogens with two attached hydrogens (primary N) is 1. The topological polar surface area (TPSA) is 79.4 Å². The molecule has 1 aromatic heterocycles. The molecular formula is C11H11BN2O2. The summed E-state index contributed by atoms with van der Waals surface area (Å²) < 4.78 is 0. The first-order chi connectivity index (χ1) is 7.68. The zero-order chi connectivity index (χ0) is 11.5.